The lowest BCUT2D eigenvalue weighted by molar-refractivity contribution is -0.383. The second kappa shape index (κ2) is 8.61. The summed E-state index contributed by atoms with van der Waals surface area (Å²) in [5, 5.41) is 14.6. The van der Waals surface area contributed by atoms with Crippen LogP contribution in [-0.4, -0.2) is 47.7 Å². The lowest BCUT2D eigenvalue weighted by Gasteiger charge is -2.35. The predicted octanol–water partition coefficient (Wildman–Crippen LogP) is 2.60. The molecule has 0 aromatic carbocycles. The second-order valence-electron chi connectivity index (χ2n) is 5.68. The van der Waals surface area contributed by atoms with Crippen LogP contribution in [0.3, 0.4) is 0 Å². The zero-order valence-corrected chi connectivity index (χ0v) is 13.8. The molecule has 2 heterocycles. The summed E-state index contributed by atoms with van der Waals surface area (Å²) in [7, 11) is 1.63. The summed E-state index contributed by atoms with van der Waals surface area (Å²) in [5.74, 6) is 0.724. The highest BCUT2D eigenvalue weighted by Crippen LogP contribution is 2.35. The number of aromatic nitrogens is 2. The molecule has 0 spiro atoms. The third kappa shape index (κ3) is 4.28. The molecule has 0 aliphatic carbocycles. The van der Waals surface area contributed by atoms with Crippen molar-refractivity contribution in [3.8, 4) is 0 Å². The Labute approximate surface area is 136 Å². The Morgan fingerprint density at radius 2 is 2.30 bits per heavy atom. The maximum absolute atomic E-state index is 11.6. The first kappa shape index (κ1) is 17.4. The molecule has 8 nitrogen and oxygen atoms in total. The van der Waals surface area contributed by atoms with E-state index in [1.165, 1.54) is 6.33 Å². The van der Waals surface area contributed by atoms with Gasteiger partial charge in [0.05, 0.1) is 4.92 Å². The summed E-state index contributed by atoms with van der Waals surface area (Å²) >= 11 is 0. The molecule has 2 rings (SSSR count). The van der Waals surface area contributed by atoms with Crippen LogP contribution >= 0.6 is 0 Å². The topological polar surface area (TPSA) is 93.4 Å². The van der Waals surface area contributed by atoms with Gasteiger partial charge in [-0.2, -0.15) is 0 Å². The van der Waals surface area contributed by atoms with E-state index in [0.717, 1.165) is 38.6 Å². The van der Waals surface area contributed by atoms with E-state index in [-0.39, 0.29) is 16.4 Å². The van der Waals surface area contributed by atoms with Gasteiger partial charge in [-0.3, -0.25) is 10.1 Å². The minimum absolute atomic E-state index is 0.0229. The van der Waals surface area contributed by atoms with Crippen molar-refractivity contribution in [1.82, 2.24) is 9.97 Å². The summed E-state index contributed by atoms with van der Waals surface area (Å²) in [6, 6.07) is 0.304. The van der Waals surface area contributed by atoms with Crippen molar-refractivity contribution in [2.75, 3.05) is 37.0 Å². The van der Waals surface area contributed by atoms with Crippen LogP contribution in [0.1, 0.15) is 39.0 Å². The Balaban J connectivity index is 2.26. The Bertz CT molecular complexity index is 526. The van der Waals surface area contributed by atoms with Crippen LogP contribution in [0.2, 0.25) is 0 Å². The average molecular weight is 323 g/mol. The molecule has 1 aliphatic rings. The van der Waals surface area contributed by atoms with Crippen molar-refractivity contribution in [2.45, 2.75) is 45.1 Å². The maximum atomic E-state index is 11.6. The summed E-state index contributed by atoms with van der Waals surface area (Å²) in [6.45, 7) is 4.09. The van der Waals surface area contributed by atoms with Crippen LogP contribution in [-0.2, 0) is 4.74 Å². The zero-order chi connectivity index (χ0) is 16.7. The lowest BCUT2D eigenvalue weighted by atomic mass is 10.00. The number of nitro groups is 1. The highest BCUT2D eigenvalue weighted by atomic mass is 16.6. The lowest BCUT2D eigenvalue weighted by Crippen LogP contribution is -2.40. The molecule has 23 heavy (non-hydrogen) atoms. The fourth-order valence-electron chi connectivity index (χ4n) is 3.00. The van der Waals surface area contributed by atoms with Crippen LogP contribution in [0.25, 0.3) is 0 Å². The highest BCUT2D eigenvalue weighted by Gasteiger charge is 2.31. The molecule has 0 bridgehead atoms. The molecule has 0 radical (unpaired) electrons. The van der Waals surface area contributed by atoms with Gasteiger partial charge in [0.2, 0.25) is 11.6 Å². The standard InChI is InChI=1S/C15H25N5O3/c1-3-12-7-4-5-9-19(12)15-13(20(21)22)14(17-11-18-15)16-8-6-10-23-2/h11-12H,3-10H2,1-2H3,(H,16,17,18). The monoisotopic (exact) mass is 323 g/mol. The van der Waals surface area contributed by atoms with Crippen molar-refractivity contribution >= 4 is 17.3 Å². The van der Waals surface area contributed by atoms with Crippen molar-refractivity contribution in [2.24, 2.45) is 0 Å². The van der Waals surface area contributed by atoms with Gasteiger partial charge in [0.1, 0.15) is 6.33 Å². The van der Waals surface area contributed by atoms with Crippen molar-refractivity contribution in [3.05, 3.63) is 16.4 Å². The molecular formula is C15H25N5O3. The van der Waals surface area contributed by atoms with E-state index < -0.39 is 0 Å². The zero-order valence-electron chi connectivity index (χ0n) is 13.8. The predicted molar refractivity (Wildman–Crippen MR) is 88.9 cm³/mol. The fourth-order valence-corrected chi connectivity index (χ4v) is 3.00. The normalized spacial score (nSPS) is 18.0. The summed E-state index contributed by atoms with van der Waals surface area (Å²) in [6.07, 6.45) is 6.37. The summed E-state index contributed by atoms with van der Waals surface area (Å²) in [4.78, 5) is 21.6. The van der Waals surface area contributed by atoms with Gasteiger partial charge in [-0.1, -0.05) is 6.92 Å². The number of nitrogens with one attached hydrogen (secondary N) is 1. The van der Waals surface area contributed by atoms with Crippen LogP contribution in [0.4, 0.5) is 17.3 Å². The van der Waals surface area contributed by atoms with E-state index in [4.69, 9.17) is 4.74 Å². The quantitative estimate of drug-likeness (QED) is 0.446. The van der Waals surface area contributed by atoms with E-state index in [2.05, 4.69) is 27.1 Å². The SMILES string of the molecule is CCC1CCCCN1c1ncnc(NCCCOC)c1[N+](=O)[O-]. The van der Waals surface area contributed by atoms with E-state index in [1.54, 1.807) is 7.11 Å². The fraction of sp³-hybridized carbons (Fsp3) is 0.733. The highest BCUT2D eigenvalue weighted by molar-refractivity contribution is 5.70. The molecule has 1 N–H and O–H groups in total. The van der Waals surface area contributed by atoms with Crippen molar-refractivity contribution in [3.63, 3.8) is 0 Å². The number of nitrogens with zero attached hydrogens (tertiary/aromatic N) is 4. The Hall–Kier alpha value is -1.96. The van der Waals surface area contributed by atoms with Crippen LogP contribution in [0.15, 0.2) is 6.33 Å². The van der Waals surface area contributed by atoms with Crippen molar-refractivity contribution in [1.29, 1.82) is 0 Å². The van der Waals surface area contributed by atoms with E-state index in [9.17, 15) is 10.1 Å². The Morgan fingerprint density at radius 3 is 3.00 bits per heavy atom. The number of rotatable bonds is 8. The van der Waals surface area contributed by atoms with E-state index in [1.807, 2.05) is 0 Å². The van der Waals surface area contributed by atoms with Gasteiger partial charge in [-0.15, -0.1) is 0 Å². The van der Waals surface area contributed by atoms with Gasteiger partial charge in [0.15, 0.2) is 0 Å². The number of piperidine rings is 1. The number of hydrogen-bond acceptors (Lipinski definition) is 7. The first-order chi connectivity index (χ1) is 11.2. The van der Waals surface area contributed by atoms with Gasteiger partial charge < -0.3 is 15.0 Å². The van der Waals surface area contributed by atoms with Gasteiger partial charge in [-0.05, 0) is 32.1 Å². The first-order valence-corrected chi connectivity index (χ1v) is 8.17. The molecule has 1 aromatic rings. The molecule has 0 amide bonds. The Morgan fingerprint density at radius 1 is 1.48 bits per heavy atom. The molecule has 1 fully saturated rings. The van der Waals surface area contributed by atoms with Gasteiger partial charge in [0, 0.05) is 32.8 Å². The molecule has 8 heteroatoms. The molecule has 0 saturated carbocycles. The van der Waals surface area contributed by atoms with Gasteiger partial charge in [0.25, 0.3) is 0 Å². The molecule has 128 valence electrons. The van der Waals surface area contributed by atoms with Crippen LogP contribution in [0.5, 0.6) is 0 Å². The largest absolute Gasteiger partial charge is 0.385 e. The maximum Gasteiger partial charge on any atom is 0.353 e. The molecule has 1 aromatic heterocycles. The minimum Gasteiger partial charge on any atom is -0.385 e. The second-order valence-corrected chi connectivity index (χ2v) is 5.68. The number of anilines is 2. The number of hydrogen-bond donors (Lipinski definition) is 1. The average Bonchev–Trinajstić information content (AvgIpc) is 2.58. The van der Waals surface area contributed by atoms with Gasteiger partial charge in [-0.25, -0.2) is 9.97 Å². The Kier molecular flexibility index (Phi) is 6.52. The van der Waals surface area contributed by atoms with Crippen LogP contribution < -0.4 is 10.2 Å². The molecular weight excluding hydrogens is 298 g/mol. The summed E-state index contributed by atoms with van der Waals surface area (Å²) < 4.78 is 4.99. The minimum atomic E-state index is -0.380. The van der Waals surface area contributed by atoms with Gasteiger partial charge >= 0.3 is 5.69 Å². The third-order valence-corrected chi connectivity index (χ3v) is 4.17. The smallest absolute Gasteiger partial charge is 0.353 e. The van der Waals surface area contributed by atoms with E-state index >= 15 is 0 Å². The van der Waals surface area contributed by atoms with E-state index in [0.29, 0.717) is 25.0 Å². The third-order valence-electron chi connectivity index (χ3n) is 4.17. The molecule has 1 aliphatic heterocycles. The number of ether oxygens (including phenoxy) is 1. The molecule has 1 unspecified atom stereocenters. The van der Waals surface area contributed by atoms with Crippen molar-refractivity contribution < 1.29 is 9.66 Å². The number of methoxy groups -OCH3 is 1. The summed E-state index contributed by atoms with van der Waals surface area (Å²) in [5.41, 5.74) is -0.0229. The first-order valence-electron chi connectivity index (χ1n) is 8.17. The van der Waals surface area contributed by atoms with Crippen LogP contribution in [0, 0.1) is 10.1 Å². The molecule has 1 atom stereocenters. The molecule has 1 saturated heterocycles.